The van der Waals surface area contributed by atoms with E-state index in [0.29, 0.717) is 4.64 Å². The van der Waals surface area contributed by atoms with Gasteiger partial charge in [0.05, 0.1) is 19.9 Å². The molecule has 0 aliphatic heterocycles. The SMILES string of the molecule is COc1ccc(OC)c(-c2cc(=S)nc(C)[nH]2)c1. The molecule has 0 aliphatic rings. The molecule has 5 heteroatoms. The van der Waals surface area contributed by atoms with E-state index in [0.717, 1.165) is 28.6 Å². The van der Waals surface area contributed by atoms with E-state index in [1.54, 1.807) is 20.3 Å². The van der Waals surface area contributed by atoms with Gasteiger partial charge in [-0.1, -0.05) is 12.2 Å². The predicted octanol–water partition coefficient (Wildman–Crippen LogP) is 3.13. The van der Waals surface area contributed by atoms with Gasteiger partial charge >= 0.3 is 0 Å². The van der Waals surface area contributed by atoms with Crippen LogP contribution in [0, 0.1) is 11.6 Å². The fourth-order valence-electron chi connectivity index (χ4n) is 1.75. The first kappa shape index (κ1) is 12.6. The fraction of sp³-hybridized carbons (Fsp3) is 0.231. The summed E-state index contributed by atoms with van der Waals surface area (Å²) < 4.78 is 11.1. The largest absolute Gasteiger partial charge is 0.497 e. The first-order chi connectivity index (χ1) is 8.63. The van der Waals surface area contributed by atoms with E-state index in [4.69, 9.17) is 21.7 Å². The van der Waals surface area contributed by atoms with E-state index in [-0.39, 0.29) is 0 Å². The molecule has 2 aromatic rings. The molecule has 94 valence electrons. The zero-order valence-electron chi connectivity index (χ0n) is 10.5. The van der Waals surface area contributed by atoms with Crippen molar-refractivity contribution >= 4 is 12.2 Å². The first-order valence-electron chi connectivity index (χ1n) is 5.44. The molecule has 0 spiro atoms. The third-order valence-electron chi connectivity index (χ3n) is 2.56. The highest BCUT2D eigenvalue weighted by atomic mass is 32.1. The molecule has 18 heavy (non-hydrogen) atoms. The molecule has 4 nitrogen and oxygen atoms in total. The minimum absolute atomic E-state index is 0.547. The number of hydrogen-bond donors (Lipinski definition) is 1. The zero-order chi connectivity index (χ0) is 13.1. The van der Waals surface area contributed by atoms with Crippen molar-refractivity contribution in [2.24, 2.45) is 0 Å². The average Bonchev–Trinajstić information content (AvgIpc) is 2.36. The van der Waals surface area contributed by atoms with Crippen molar-refractivity contribution in [1.82, 2.24) is 9.97 Å². The molecule has 2 rings (SSSR count). The molecule has 0 amide bonds. The third kappa shape index (κ3) is 2.51. The van der Waals surface area contributed by atoms with Crippen LogP contribution in [0.3, 0.4) is 0 Å². The van der Waals surface area contributed by atoms with Crippen LogP contribution in [-0.2, 0) is 0 Å². The second kappa shape index (κ2) is 5.18. The number of rotatable bonds is 3. The van der Waals surface area contributed by atoms with Gasteiger partial charge in [-0.25, -0.2) is 4.98 Å². The van der Waals surface area contributed by atoms with E-state index >= 15 is 0 Å². The molecule has 0 saturated heterocycles. The summed E-state index contributed by atoms with van der Waals surface area (Å²) in [5.74, 6) is 2.29. The van der Waals surface area contributed by atoms with Crippen LogP contribution in [0.5, 0.6) is 11.5 Å². The molecule has 1 aromatic carbocycles. The summed E-state index contributed by atoms with van der Waals surface area (Å²) in [4.78, 5) is 7.32. The number of aryl methyl sites for hydroxylation is 1. The molecule has 0 saturated carbocycles. The highest BCUT2D eigenvalue weighted by molar-refractivity contribution is 7.71. The van der Waals surface area contributed by atoms with Crippen LogP contribution in [0.15, 0.2) is 24.3 Å². The topological polar surface area (TPSA) is 47.1 Å². The number of nitrogens with one attached hydrogen (secondary N) is 1. The highest BCUT2D eigenvalue weighted by Crippen LogP contribution is 2.32. The van der Waals surface area contributed by atoms with E-state index in [2.05, 4.69) is 9.97 Å². The Morgan fingerprint density at radius 2 is 1.94 bits per heavy atom. The highest BCUT2D eigenvalue weighted by Gasteiger charge is 2.08. The Balaban J connectivity index is 2.64. The summed E-state index contributed by atoms with van der Waals surface area (Å²) in [6.07, 6.45) is 0. The zero-order valence-corrected chi connectivity index (χ0v) is 11.3. The Hall–Kier alpha value is -1.88. The van der Waals surface area contributed by atoms with Crippen molar-refractivity contribution in [3.8, 4) is 22.8 Å². The minimum atomic E-state index is 0.547. The van der Waals surface area contributed by atoms with Crippen LogP contribution < -0.4 is 9.47 Å². The van der Waals surface area contributed by atoms with E-state index in [1.165, 1.54) is 0 Å². The summed E-state index contributed by atoms with van der Waals surface area (Å²) in [5.41, 5.74) is 1.76. The lowest BCUT2D eigenvalue weighted by Crippen LogP contribution is -1.95. The Labute approximate surface area is 111 Å². The standard InChI is InChI=1S/C13H14N2O2S/c1-8-14-11(7-13(18)15-8)10-6-9(16-2)4-5-12(10)17-3/h4-7H,1-3H3,(H,14,15,18). The first-order valence-corrected chi connectivity index (χ1v) is 5.85. The van der Waals surface area contributed by atoms with Gasteiger partial charge in [-0.3, -0.25) is 0 Å². The number of methoxy groups -OCH3 is 2. The second-order valence-corrected chi connectivity index (χ2v) is 4.20. The summed E-state index contributed by atoms with van der Waals surface area (Å²) in [5, 5.41) is 0. The molecule has 0 bridgehead atoms. The Morgan fingerprint density at radius 3 is 2.56 bits per heavy atom. The maximum absolute atomic E-state index is 5.35. The molecular formula is C13H14N2O2S. The number of aromatic nitrogens is 2. The van der Waals surface area contributed by atoms with Crippen LogP contribution in [0.4, 0.5) is 0 Å². The lowest BCUT2D eigenvalue weighted by atomic mass is 10.1. The number of hydrogen-bond acceptors (Lipinski definition) is 4. The van der Waals surface area contributed by atoms with Gasteiger partial charge < -0.3 is 14.5 Å². The van der Waals surface area contributed by atoms with Gasteiger partial charge in [0.15, 0.2) is 0 Å². The number of benzene rings is 1. The second-order valence-electron chi connectivity index (χ2n) is 3.78. The van der Waals surface area contributed by atoms with Gasteiger partial charge in [0.1, 0.15) is 22.0 Å². The van der Waals surface area contributed by atoms with Crippen LogP contribution in [0.2, 0.25) is 0 Å². The summed E-state index contributed by atoms with van der Waals surface area (Å²) in [7, 11) is 3.26. The Morgan fingerprint density at radius 1 is 1.17 bits per heavy atom. The summed E-state index contributed by atoms with van der Waals surface area (Å²) >= 11 is 5.12. The quantitative estimate of drug-likeness (QED) is 0.863. The normalized spacial score (nSPS) is 10.2. The van der Waals surface area contributed by atoms with Gasteiger partial charge in [-0.05, 0) is 31.2 Å². The summed E-state index contributed by atoms with van der Waals surface area (Å²) in [6, 6.07) is 7.42. The molecule has 0 aliphatic carbocycles. The predicted molar refractivity (Wildman–Crippen MR) is 72.7 cm³/mol. The third-order valence-corrected chi connectivity index (χ3v) is 2.77. The maximum atomic E-state index is 5.35. The fourth-order valence-corrected chi connectivity index (χ4v) is 2.00. The lowest BCUT2D eigenvalue weighted by Gasteiger charge is -2.11. The van der Waals surface area contributed by atoms with E-state index in [1.807, 2.05) is 25.1 Å². The Bertz CT molecular complexity index is 623. The van der Waals surface area contributed by atoms with Crippen molar-refractivity contribution in [3.63, 3.8) is 0 Å². The monoisotopic (exact) mass is 262 g/mol. The number of aromatic amines is 1. The van der Waals surface area contributed by atoms with Crippen LogP contribution in [0.25, 0.3) is 11.3 Å². The smallest absolute Gasteiger partial charge is 0.130 e. The molecule has 1 N–H and O–H groups in total. The Kier molecular flexibility index (Phi) is 3.62. The van der Waals surface area contributed by atoms with Crippen molar-refractivity contribution < 1.29 is 9.47 Å². The number of nitrogens with zero attached hydrogens (tertiary/aromatic N) is 1. The molecule has 0 fully saturated rings. The molecule has 0 unspecified atom stereocenters. The van der Waals surface area contributed by atoms with Gasteiger partial charge in [0.2, 0.25) is 0 Å². The maximum Gasteiger partial charge on any atom is 0.130 e. The lowest BCUT2D eigenvalue weighted by molar-refractivity contribution is 0.404. The van der Waals surface area contributed by atoms with E-state index in [9.17, 15) is 0 Å². The van der Waals surface area contributed by atoms with Crippen LogP contribution in [-0.4, -0.2) is 24.2 Å². The van der Waals surface area contributed by atoms with Crippen LogP contribution >= 0.6 is 12.2 Å². The van der Waals surface area contributed by atoms with Crippen LogP contribution in [0.1, 0.15) is 5.82 Å². The minimum Gasteiger partial charge on any atom is -0.497 e. The molecule has 1 heterocycles. The van der Waals surface area contributed by atoms with E-state index < -0.39 is 0 Å². The van der Waals surface area contributed by atoms with Crippen molar-refractivity contribution in [3.05, 3.63) is 34.7 Å². The molecule has 0 atom stereocenters. The number of ether oxygens (including phenoxy) is 2. The summed E-state index contributed by atoms with van der Waals surface area (Å²) in [6.45, 7) is 1.87. The van der Waals surface area contributed by atoms with Crippen molar-refractivity contribution in [1.29, 1.82) is 0 Å². The van der Waals surface area contributed by atoms with Crippen molar-refractivity contribution in [2.75, 3.05) is 14.2 Å². The van der Waals surface area contributed by atoms with Gasteiger partial charge in [0, 0.05) is 5.56 Å². The van der Waals surface area contributed by atoms with Crippen molar-refractivity contribution in [2.45, 2.75) is 6.92 Å². The average molecular weight is 262 g/mol. The number of H-pyrrole nitrogens is 1. The molecule has 0 radical (unpaired) electrons. The van der Waals surface area contributed by atoms with Gasteiger partial charge in [0.25, 0.3) is 0 Å². The molecular weight excluding hydrogens is 248 g/mol. The van der Waals surface area contributed by atoms with Gasteiger partial charge in [-0.2, -0.15) is 0 Å². The molecule has 1 aromatic heterocycles. The van der Waals surface area contributed by atoms with Gasteiger partial charge in [-0.15, -0.1) is 0 Å².